The lowest BCUT2D eigenvalue weighted by Crippen LogP contribution is -2.28. The number of rotatable bonds is 6. The van der Waals surface area contributed by atoms with Gasteiger partial charge in [-0.15, -0.1) is 0 Å². The molecule has 7 nitrogen and oxygen atoms in total. The average Bonchev–Trinajstić information content (AvgIpc) is 2.73. The molecule has 3 rings (SSSR count). The summed E-state index contributed by atoms with van der Waals surface area (Å²) in [4.78, 5) is 18.5. The maximum absolute atomic E-state index is 10.1. The number of aliphatic imine (C=N–C) groups is 1. The molecule has 2 aromatic heterocycles. The van der Waals surface area contributed by atoms with E-state index in [2.05, 4.69) is 39.5 Å². The first kappa shape index (κ1) is 20.0. The average molecular weight is 389 g/mol. The molecule has 0 bridgehead atoms. The highest BCUT2D eigenvalue weighted by molar-refractivity contribution is 5.91. The molecule has 0 spiro atoms. The maximum Gasteiger partial charge on any atom is 0.325 e. The fourth-order valence-electron chi connectivity index (χ4n) is 2.65. The first-order valence-corrected chi connectivity index (χ1v) is 9.16. The molecule has 0 aliphatic rings. The minimum absolute atomic E-state index is 0.0241. The summed E-state index contributed by atoms with van der Waals surface area (Å²) in [6, 6.07) is 11.5. The monoisotopic (exact) mass is 389 g/mol. The van der Waals surface area contributed by atoms with Crippen LogP contribution in [-0.2, 0) is 6.42 Å². The molecule has 0 amide bonds. The molecule has 1 N–H and O–H groups in total. The number of benzene rings is 1. The van der Waals surface area contributed by atoms with Crippen LogP contribution < -0.4 is 20.2 Å². The molecule has 0 saturated carbocycles. The van der Waals surface area contributed by atoms with Gasteiger partial charge < -0.3 is 14.7 Å². The Morgan fingerprint density at radius 1 is 1.17 bits per heavy atom. The maximum atomic E-state index is 10.1. The van der Waals surface area contributed by atoms with E-state index in [1.807, 2.05) is 36.3 Å². The van der Waals surface area contributed by atoms with Crippen molar-refractivity contribution in [2.24, 2.45) is 4.99 Å². The van der Waals surface area contributed by atoms with Crippen molar-refractivity contribution in [1.29, 1.82) is 0 Å². The van der Waals surface area contributed by atoms with Crippen molar-refractivity contribution in [2.45, 2.75) is 13.3 Å². The van der Waals surface area contributed by atoms with E-state index >= 15 is 0 Å². The zero-order valence-electron chi connectivity index (χ0n) is 16.7. The number of anilines is 2. The molecule has 0 radical (unpaired) electrons. The van der Waals surface area contributed by atoms with Crippen LogP contribution in [0.5, 0.6) is 17.6 Å². The quantitative estimate of drug-likeness (QED) is 0.653. The van der Waals surface area contributed by atoms with Gasteiger partial charge in [0.25, 0.3) is 0 Å². The molecule has 7 heteroatoms. The predicted molar refractivity (Wildman–Crippen MR) is 116 cm³/mol. The Labute approximate surface area is 169 Å². The molecule has 148 valence electrons. The van der Waals surface area contributed by atoms with Crippen LogP contribution in [0, 0.1) is 0 Å². The Hall–Kier alpha value is -3.74. The van der Waals surface area contributed by atoms with Gasteiger partial charge in [0.05, 0.1) is 10.6 Å². The van der Waals surface area contributed by atoms with Crippen molar-refractivity contribution >= 4 is 30.4 Å². The summed E-state index contributed by atoms with van der Waals surface area (Å²) < 4.78 is 5.67. The van der Waals surface area contributed by atoms with Crippen LogP contribution in [0.4, 0.5) is 11.5 Å². The SMILES string of the molecule is C=c1nc(Oc2ccc(N(C)c3ccc(CC)cn3)cc2)nc(O)/c1=C/C=N\C. The van der Waals surface area contributed by atoms with E-state index < -0.39 is 0 Å². The number of aryl methyl sites for hydroxylation is 1. The standard InChI is InChI=1S/C22H23N5O2/c1-5-16-6-11-20(24-14-16)27(4)17-7-9-18(10-8-17)29-22-25-15(2)19(12-13-23-3)21(28)26-22/h6-14H,2,5H2,1,3-4H3,(H,25,26,28)/b19-12+,23-13-. The third kappa shape index (κ3) is 4.76. The van der Waals surface area contributed by atoms with E-state index in [0.29, 0.717) is 16.3 Å². The van der Waals surface area contributed by atoms with Crippen LogP contribution in [0.2, 0.25) is 0 Å². The number of aromatic hydroxyl groups is 1. The smallest absolute Gasteiger partial charge is 0.325 e. The zero-order chi connectivity index (χ0) is 20.8. The summed E-state index contributed by atoms with van der Waals surface area (Å²) >= 11 is 0. The fraction of sp³-hybridized carbons (Fsp3) is 0.182. The molecule has 29 heavy (non-hydrogen) atoms. The predicted octanol–water partition coefficient (Wildman–Crippen LogP) is 2.59. The lowest BCUT2D eigenvalue weighted by Gasteiger charge is -2.18. The molecular weight excluding hydrogens is 366 g/mol. The Morgan fingerprint density at radius 2 is 1.93 bits per heavy atom. The third-order valence-electron chi connectivity index (χ3n) is 4.37. The van der Waals surface area contributed by atoms with Gasteiger partial charge in [0, 0.05) is 32.2 Å². The Morgan fingerprint density at radius 3 is 2.52 bits per heavy atom. The zero-order valence-corrected chi connectivity index (χ0v) is 16.7. The summed E-state index contributed by atoms with van der Waals surface area (Å²) in [5.41, 5.74) is 2.16. The van der Waals surface area contributed by atoms with Crippen LogP contribution in [0.15, 0.2) is 47.6 Å². The number of pyridine rings is 1. The molecule has 0 fully saturated rings. The molecule has 3 aromatic rings. The normalized spacial score (nSPS) is 11.8. The van der Waals surface area contributed by atoms with Gasteiger partial charge in [0.1, 0.15) is 11.6 Å². The molecule has 1 aromatic carbocycles. The molecule has 0 aliphatic carbocycles. The van der Waals surface area contributed by atoms with Crippen molar-refractivity contribution in [3.8, 4) is 17.6 Å². The third-order valence-corrected chi connectivity index (χ3v) is 4.37. The van der Waals surface area contributed by atoms with Gasteiger partial charge in [-0.05, 0) is 48.4 Å². The number of nitrogens with zero attached hydrogens (tertiary/aromatic N) is 5. The topological polar surface area (TPSA) is 83.7 Å². The molecule has 0 aliphatic heterocycles. The summed E-state index contributed by atoms with van der Waals surface area (Å²) in [5.74, 6) is 1.19. The minimum Gasteiger partial charge on any atom is -0.493 e. The van der Waals surface area contributed by atoms with Crippen LogP contribution in [0.3, 0.4) is 0 Å². The highest BCUT2D eigenvalue weighted by atomic mass is 16.5. The fourth-order valence-corrected chi connectivity index (χ4v) is 2.65. The van der Waals surface area contributed by atoms with Gasteiger partial charge in [-0.3, -0.25) is 4.99 Å². The number of aromatic nitrogens is 3. The lowest BCUT2D eigenvalue weighted by atomic mass is 10.2. The van der Waals surface area contributed by atoms with E-state index in [4.69, 9.17) is 4.74 Å². The molecular formula is C22H23N5O2. The Kier molecular flexibility index (Phi) is 6.19. The van der Waals surface area contributed by atoms with Gasteiger partial charge in [0.2, 0.25) is 5.88 Å². The first-order chi connectivity index (χ1) is 14.0. The Bertz CT molecular complexity index is 1110. The number of ether oxygens (including phenoxy) is 1. The first-order valence-electron chi connectivity index (χ1n) is 9.16. The van der Waals surface area contributed by atoms with Gasteiger partial charge in [0.15, 0.2) is 0 Å². The van der Waals surface area contributed by atoms with Crippen molar-refractivity contribution < 1.29 is 9.84 Å². The summed E-state index contributed by atoms with van der Waals surface area (Å²) in [5, 5.41) is 10.8. The second kappa shape index (κ2) is 8.97. The lowest BCUT2D eigenvalue weighted by molar-refractivity contribution is 0.400. The van der Waals surface area contributed by atoms with Gasteiger partial charge in [-0.25, -0.2) is 4.98 Å². The highest BCUT2D eigenvalue weighted by Crippen LogP contribution is 2.25. The molecule has 0 saturated heterocycles. The largest absolute Gasteiger partial charge is 0.493 e. The van der Waals surface area contributed by atoms with Crippen LogP contribution >= 0.6 is 0 Å². The molecule has 0 atom stereocenters. The highest BCUT2D eigenvalue weighted by Gasteiger charge is 2.08. The van der Waals surface area contributed by atoms with E-state index in [9.17, 15) is 5.11 Å². The van der Waals surface area contributed by atoms with Gasteiger partial charge in [-0.2, -0.15) is 9.97 Å². The molecule has 2 heterocycles. The van der Waals surface area contributed by atoms with Gasteiger partial charge in [-0.1, -0.05) is 19.6 Å². The van der Waals surface area contributed by atoms with Crippen LogP contribution in [0.25, 0.3) is 12.7 Å². The second-order valence-electron chi connectivity index (χ2n) is 6.30. The van der Waals surface area contributed by atoms with E-state index in [0.717, 1.165) is 17.9 Å². The van der Waals surface area contributed by atoms with E-state index in [1.54, 1.807) is 25.3 Å². The summed E-state index contributed by atoms with van der Waals surface area (Å²) in [6.45, 7) is 5.92. The van der Waals surface area contributed by atoms with Crippen molar-refractivity contribution in [2.75, 3.05) is 19.0 Å². The van der Waals surface area contributed by atoms with Gasteiger partial charge >= 0.3 is 6.01 Å². The minimum atomic E-state index is -0.210. The van der Waals surface area contributed by atoms with Crippen molar-refractivity contribution in [3.05, 3.63) is 58.7 Å². The van der Waals surface area contributed by atoms with E-state index in [1.165, 1.54) is 11.8 Å². The van der Waals surface area contributed by atoms with Crippen LogP contribution in [0.1, 0.15) is 12.5 Å². The Balaban J connectivity index is 1.77. The van der Waals surface area contributed by atoms with Crippen molar-refractivity contribution in [3.63, 3.8) is 0 Å². The van der Waals surface area contributed by atoms with Crippen LogP contribution in [-0.4, -0.2) is 40.4 Å². The summed E-state index contributed by atoms with van der Waals surface area (Å²) in [6.07, 6.45) is 5.97. The number of hydrogen-bond acceptors (Lipinski definition) is 7. The van der Waals surface area contributed by atoms with Crippen molar-refractivity contribution in [1.82, 2.24) is 15.0 Å². The van der Waals surface area contributed by atoms with E-state index in [-0.39, 0.29) is 11.9 Å². The second-order valence-corrected chi connectivity index (χ2v) is 6.30. The molecule has 0 unspecified atom stereocenters. The number of hydrogen-bond donors (Lipinski definition) is 1. The summed E-state index contributed by atoms with van der Waals surface area (Å²) in [7, 11) is 3.58.